The second kappa shape index (κ2) is 7.46. The summed E-state index contributed by atoms with van der Waals surface area (Å²) < 4.78 is 13.0. The third-order valence-corrected chi connectivity index (χ3v) is 4.28. The Morgan fingerprint density at radius 2 is 1.80 bits per heavy atom. The maximum absolute atomic E-state index is 13.0. The molecule has 0 aliphatic rings. The third kappa shape index (κ3) is 4.66. The van der Waals surface area contributed by atoms with Gasteiger partial charge in [-0.15, -0.1) is 11.8 Å². The second-order valence-corrected chi connectivity index (χ2v) is 5.89. The van der Waals surface area contributed by atoms with Crippen LogP contribution in [0.5, 0.6) is 0 Å². The number of aryl methyl sites for hydroxylation is 1. The highest BCUT2D eigenvalue weighted by atomic mass is 32.2. The number of thioether (sulfide) groups is 1. The van der Waals surface area contributed by atoms with Crippen LogP contribution in [0.15, 0.2) is 53.4 Å². The van der Waals surface area contributed by atoms with Crippen molar-refractivity contribution in [3.05, 3.63) is 65.5 Å². The van der Waals surface area contributed by atoms with E-state index >= 15 is 0 Å². The molecule has 106 valence electrons. The molecule has 0 aliphatic heterocycles. The lowest BCUT2D eigenvalue weighted by Crippen LogP contribution is -2.13. The Bertz CT molecular complexity index is 539. The zero-order chi connectivity index (χ0) is 14.4. The molecule has 0 spiro atoms. The Balaban J connectivity index is 1.84. The Kier molecular flexibility index (Phi) is 5.62. The third-order valence-electron chi connectivity index (χ3n) is 3.14. The highest BCUT2D eigenvalue weighted by molar-refractivity contribution is 7.99. The van der Waals surface area contributed by atoms with Gasteiger partial charge in [-0.25, -0.2) is 4.39 Å². The van der Waals surface area contributed by atoms with E-state index in [-0.39, 0.29) is 5.82 Å². The average molecular weight is 290 g/mol. The molecule has 0 aromatic heterocycles. The zero-order valence-electron chi connectivity index (χ0n) is 11.6. The highest BCUT2D eigenvalue weighted by Gasteiger charge is 2.07. The molecular formula is C17H19FOS. The van der Waals surface area contributed by atoms with Crippen LogP contribution in [0.4, 0.5) is 4.39 Å². The summed E-state index contributed by atoms with van der Waals surface area (Å²) in [5.74, 6) is 0.332. The predicted octanol–water partition coefficient (Wildman–Crippen LogP) is 4.08. The number of aliphatic hydroxyl groups is 1. The molecule has 20 heavy (non-hydrogen) atoms. The summed E-state index contributed by atoms with van der Waals surface area (Å²) in [6, 6.07) is 14.8. The largest absolute Gasteiger partial charge is 0.392 e. The Hall–Kier alpha value is -1.32. The number of hydrogen-bond donors (Lipinski definition) is 1. The van der Waals surface area contributed by atoms with E-state index < -0.39 is 6.10 Å². The van der Waals surface area contributed by atoms with Crippen molar-refractivity contribution < 1.29 is 9.50 Å². The number of hydrogen-bond acceptors (Lipinski definition) is 2. The predicted molar refractivity (Wildman–Crippen MR) is 82.7 cm³/mol. The number of halogens is 1. The smallest absolute Gasteiger partial charge is 0.124 e. The van der Waals surface area contributed by atoms with Crippen molar-refractivity contribution in [2.24, 2.45) is 0 Å². The maximum Gasteiger partial charge on any atom is 0.124 e. The van der Waals surface area contributed by atoms with Crippen LogP contribution < -0.4 is 0 Å². The quantitative estimate of drug-likeness (QED) is 0.809. The van der Waals surface area contributed by atoms with Crippen LogP contribution in [-0.2, 0) is 12.8 Å². The van der Waals surface area contributed by atoms with Crippen LogP contribution in [0.25, 0.3) is 0 Å². The molecule has 0 fully saturated rings. The van der Waals surface area contributed by atoms with Gasteiger partial charge in [0.15, 0.2) is 0 Å². The van der Waals surface area contributed by atoms with Gasteiger partial charge in [-0.05, 0) is 42.2 Å². The van der Waals surface area contributed by atoms with Gasteiger partial charge in [-0.2, -0.15) is 0 Å². The van der Waals surface area contributed by atoms with E-state index in [1.807, 2.05) is 6.07 Å². The molecule has 0 saturated heterocycles. The van der Waals surface area contributed by atoms with Crippen LogP contribution in [0.1, 0.15) is 18.1 Å². The molecule has 0 saturated carbocycles. The molecule has 1 atom stereocenters. The molecule has 0 aliphatic carbocycles. The molecule has 1 unspecified atom stereocenters. The lowest BCUT2D eigenvalue weighted by atomic mass is 10.1. The number of aliphatic hydroxyl groups excluding tert-OH is 1. The average Bonchev–Trinajstić information content (AvgIpc) is 2.46. The van der Waals surface area contributed by atoms with Gasteiger partial charge < -0.3 is 5.11 Å². The monoisotopic (exact) mass is 290 g/mol. The first-order valence-electron chi connectivity index (χ1n) is 6.81. The standard InChI is InChI=1S/C17H19FOS/c1-2-13-6-8-14(9-7-13)10-16(19)12-20-17-5-3-4-15(18)11-17/h3-9,11,16,19H,2,10,12H2,1H3. The minimum atomic E-state index is -0.421. The van der Waals surface area contributed by atoms with Crippen molar-refractivity contribution in [2.75, 3.05) is 5.75 Å². The van der Waals surface area contributed by atoms with Crippen LogP contribution in [0.2, 0.25) is 0 Å². The summed E-state index contributed by atoms with van der Waals surface area (Å²) in [6.07, 6.45) is 1.24. The van der Waals surface area contributed by atoms with E-state index in [1.54, 1.807) is 6.07 Å². The molecule has 1 N–H and O–H groups in total. The summed E-state index contributed by atoms with van der Waals surface area (Å²) >= 11 is 1.48. The first-order chi connectivity index (χ1) is 9.67. The van der Waals surface area contributed by atoms with Crippen LogP contribution in [0.3, 0.4) is 0 Å². The Morgan fingerprint density at radius 1 is 1.10 bits per heavy atom. The molecule has 0 amide bonds. The van der Waals surface area contributed by atoms with Gasteiger partial charge in [0, 0.05) is 10.6 Å². The minimum Gasteiger partial charge on any atom is -0.392 e. The van der Waals surface area contributed by atoms with Gasteiger partial charge in [-0.1, -0.05) is 37.3 Å². The lowest BCUT2D eigenvalue weighted by molar-refractivity contribution is 0.200. The van der Waals surface area contributed by atoms with Gasteiger partial charge in [-0.3, -0.25) is 0 Å². The summed E-state index contributed by atoms with van der Waals surface area (Å²) in [5, 5.41) is 10.0. The van der Waals surface area contributed by atoms with Gasteiger partial charge >= 0.3 is 0 Å². The fourth-order valence-electron chi connectivity index (χ4n) is 1.99. The molecule has 2 aromatic rings. The number of rotatable bonds is 6. The molecule has 2 aromatic carbocycles. The zero-order valence-corrected chi connectivity index (χ0v) is 12.4. The van der Waals surface area contributed by atoms with E-state index in [4.69, 9.17) is 0 Å². The van der Waals surface area contributed by atoms with E-state index in [0.29, 0.717) is 12.2 Å². The molecule has 0 bridgehead atoms. The van der Waals surface area contributed by atoms with Crippen molar-refractivity contribution in [2.45, 2.75) is 30.8 Å². The Morgan fingerprint density at radius 3 is 2.45 bits per heavy atom. The highest BCUT2D eigenvalue weighted by Crippen LogP contribution is 2.20. The SMILES string of the molecule is CCc1ccc(CC(O)CSc2cccc(F)c2)cc1. The molecular weight excluding hydrogens is 271 g/mol. The van der Waals surface area contributed by atoms with Gasteiger partial charge in [0.2, 0.25) is 0 Å². The topological polar surface area (TPSA) is 20.2 Å². The summed E-state index contributed by atoms with van der Waals surface area (Å²) in [6.45, 7) is 2.12. The van der Waals surface area contributed by atoms with E-state index in [1.165, 1.54) is 29.5 Å². The summed E-state index contributed by atoms with van der Waals surface area (Å²) in [4.78, 5) is 0.852. The first kappa shape index (κ1) is 15.1. The minimum absolute atomic E-state index is 0.236. The fraction of sp³-hybridized carbons (Fsp3) is 0.294. The van der Waals surface area contributed by atoms with Crippen molar-refractivity contribution in [3.8, 4) is 0 Å². The summed E-state index contributed by atoms with van der Waals surface area (Å²) in [7, 11) is 0. The second-order valence-electron chi connectivity index (χ2n) is 4.80. The molecule has 1 nitrogen and oxygen atoms in total. The van der Waals surface area contributed by atoms with E-state index in [0.717, 1.165) is 16.9 Å². The van der Waals surface area contributed by atoms with Crippen molar-refractivity contribution >= 4 is 11.8 Å². The van der Waals surface area contributed by atoms with Crippen LogP contribution in [0, 0.1) is 5.82 Å². The van der Waals surface area contributed by atoms with E-state index in [9.17, 15) is 9.50 Å². The van der Waals surface area contributed by atoms with Crippen LogP contribution >= 0.6 is 11.8 Å². The summed E-state index contributed by atoms with van der Waals surface area (Å²) in [5.41, 5.74) is 2.44. The maximum atomic E-state index is 13.0. The molecule has 3 heteroatoms. The molecule has 0 heterocycles. The van der Waals surface area contributed by atoms with Crippen LogP contribution in [-0.4, -0.2) is 17.0 Å². The van der Waals surface area contributed by atoms with Crippen molar-refractivity contribution in [1.82, 2.24) is 0 Å². The van der Waals surface area contributed by atoms with Gasteiger partial charge in [0.25, 0.3) is 0 Å². The molecule has 0 radical (unpaired) electrons. The normalized spacial score (nSPS) is 12.3. The number of benzene rings is 2. The van der Waals surface area contributed by atoms with Gasteiger partial charge in [0.05, 0.1) is 6.10 Å². The fourth-order valence-corrected chi connectivity index (χ4v) is 2.86. The van der Waals surface area contributed by atoms with E-state index in [2.05, 4.69) is 31.2 Å². The first-order valence-corrected chi connectivity index (χ1v) is 7.80. The van der Waals surface area contributed by atoms with Gasteiger partial charge in [0.1, 0.15) is 5.82 Å². The molecule has 2 rings (SSSR count). The van der Waals surface area contributed by atoms with Crippen molar-refractivity contribution in [1.29, 1.82) is 0 Å². The van der Waals surface area contributed by atoms with Crippen molar-refractivity contribution in [3.63, 3.8) is 0 Å². The Labute approximate surface area is 123 Å². The lowest BCUT2D eigenvalue weighted by Gasteiger charge is -2.11.